The fraction of sp³-hybridized carbons (Fsp3) is 0.600. The smallest absolute Gasteiger partial charge is 0.254 e. The number of β-amino-alcohol motifs (C(OH)–C–C–N with tert-alkyl or cyclic N) is 1. The number of carbonyl (C=O) groups excluding carboxylic acids is 1. The highest BCUT2D eigenvalue weighted by molar-refractivity contribution is 5.95. The van der Waals surface area contributed by atoms with E-state index in [1.165, 1.54) is 0 Å². The molecule has 1 aliphatic rings. The Morgan fingerprint density at radius 1 is 1.33 bits per heavy atom. The first-order valence-corrected chi connectivity index (χ1v) is 7.49. The fourth-order valence-electron chi connectivity index (χ4n) is 2.52. The Kier molecular flexibility index (Phi) is 5.52. The number of nitrogens with one attached hydrogen (secondary N) is 1. The van der Waals surface area contributed by atoms with E-state index < -0.39 is 0 Å². The van der Waals surface area contributed by atoms with Gasteiger partial charge in [-0.3, -0.25) is 9.69 Å². The van der Waals surface area contributed by atoms with Crippen LogP contribution in [0.5, 0.6) is 0 Å². The van der Waals surface area contributed by atoms with Crippen LogP contribution in [0.3, 0.4) is 0 Å². The van der Waals surface area contributed by atoms with Crippen LogP contribution in [0.25, 0.3) is 0 Å². The number of anilines is 1. The molecule has 0 aliphatic carbocycles. The number of amides is 1. The van der Waals surface area contributed by atoms with Gasteiger partial charge in [-0.1, -0.05) is 6.92 Å². The summed E-state index contributed by atoms with van der Waals surface area (Å²) in [6.45, 7) is 5.93. The van der Waals surface area contributed by atoms with E-state index in [-0.39, 0.29) is 12.5 Å². The third kappa shape index (κ3) is 3.92. The van der Waals surface area contributed by atoms with E-state index in [1.807, 2.05) is 31.0 Å². The number of aryl methyl sites for hydroxylation is 1. The molecule has 0 radical (unpaired) electrons. The molecule has 0 saturated carbocycles. The number of hydrogen-bond donors (Lipinski definition) is 2. The second-order valence-corrected chi connectivity index (χ2v) is 5.19. The van der Waals surface area contributed by atoms with Crippen molar-refractivity contribution in [2.24, 2.45) is 0 Å². The molecule has 6 heteroatoms. The van der Waals surface area contributed by atoms with Gasteiger partial charge in [0.25, 0.3) is 5.91 Å². The van der Waals surface area contributed by atoms with Gasteiger partial charge in [0, 0.05) is 51.0 Å². The molecule has 1 amide bonds. The average molecular weight is 292 g/mol. The molecule has 21 heavy (non-hydrogen) atoms. The highest BCUT2D eigenvalue weighted by Crippen LogP contribution is 2.14. The first-order chi connectivity index (χ1) is 10.2. The van der Waals surface area contributed by atoms with Gasteiger partial charge in [-0.15, -0.1) is 0 Å². The lowest BCUT2D eigenvalue weighted by Crippen LogP contribution is -2.49. The molecule has 1 aliphatic heterocycles. The minimum absolute atomic E-state index is 0.0623. The van der Waals surface area contributed by atoms with Crippen molar-refractivity contribution in [3.8, 4) is 0 Å². The summed E-state index contributed by atoms with van der Waals surface area (Å²) in [4.78, 5) is 21.1. The van der Waals surface area contributed by atoms with Crippen molar-refractivity contribution in [2.45, 2.75) is 13.3 Å². The van der Waals surface area contributed by atoms with Crippen molar-refractivity contribution in [1.82, 2.24) is 14.8 Å². The molecule has 0 unspecified atom stereocenters. The van der Waals surface area contributed by atoms with Gasteiger partial charge in [0.1, 0.15) is 5.82 Å². The van der Waals surface area contributed by atoms with Gasteiger partial charge in [-0.25, -0.2) is 4.98 Å². The van der Waals surface area contributed by atoms with Gasteiger partial charge in [0.15, 0.2) is 0 Å². The molecule has 116 valence electrons. The number of nitrogens with zero attached hydrogens (tertiary/aromatic N) is 3. The molecule has 0 spiro atoms. The van der Waals surface area contributed by atoms with Crippen LogP contribution >= 0.6 is 0 Å². The van der Waals surface area contributed by atoms with Crippen molar-refractivity contribution in [3.63, 3.8) is 0 Å². The molecular formula is C15H24N4O2. The molecule has 1 saturated heterocycles. The minimum atomic E-state index is 0.0623. The van der Waals surface area contributed by atoms with Crippen LogP contribution in [-0.4, -0.2) is 72.2 Å². The number of carbonyl (C=O) groups is 1. The van der Waals surface area contributed by atoms with Crippen LogP contribution in [0.15, 0.2) is 12.1 Å². The quantitative estimate of drug-likeness (QED) is 0.824. The number of aliphatic hydroxyl groups is 1. The van der Waals surface area contributed by atoms with Crippen LogP contribution in [0.1, 0.15) is 23.0 Å². The molecule has 2 heterocycles. The monoisotopic (exact) mass is 292 g/mol. The molecule has 2 rings (SSSR count). The van der Waals surface area contributed by atoms with Crippen LogP contribution in [0.4, 0.5) is 5.82 Å². The summed E-state index contributed by atoms with van der Waals surface area (Å²) >= 11 is 0. The third-order valence-corrected chi connectivity index (χ3v) is 3.82. The fourth-order valence-corrected chi connectivity index (χ4v) is 2.52. The number of hydrogen-bond acceptors (Lipinski definition) is 5. The SMILES string of the molecule is CCc1cc(C(=O)N2CCN(CCO)CC2)cc(NC)n1. The lowest BCUT2D eigenvalue weighted by molar-refractivity contribution is 0.0615. The Balaban J connectivity index is 2.06. The largest absolute Gasteiger partial charge is 0.395 e. The van der Waals surface area contributed by atoms with E-state index in [4.69, 9.17) is 5.11 Å². The first kappa shape index (κ1) is 15.7. The Labute approximate surface area is 125 Å². The molecule has 0 atom stereocenters. The van der Waals surface area contributed by atoms with E-state index in [0.29, 0.717) is 25.2 Å². The Morgan fingerprint density at radius 2 is 2.05 bits per heavy atom. The van der Waals surface area contributed by atoms with E-state index in [0.717, 1.165) is 31.0 Å². The zero-order valence-electron chi connectivity index (χ0n) is 12.8. The summed E-state index contributed by atoms with van der Waals surface area (Å²) in [5.74, 6) is 0.795. The maximum Gasteiger partial charge on any atom is 0.254 e. The van der Waals surface area contributed by atoms with Gasteiger partial charge in [-0.2, -0.15) is 0 Å². The second-order valence-electron chi connectivity index (χ2n) is 5.19. The van der Waals surface area contributed by atoms with Gasteiger partial charge in [-0.05, 0) is 18.6 Å². The van der Waals surface area contributed by atoms with E-state index in [2.05, 4.69) is 15.2 Å². The van der Waals surface area contributed by atoms with Crippen LogP contribution in [0.2, 0.25) is 0 Å². The Bertz CT molecular complexity index is 462. The molecule has 0 bridgehead atoms. The molecule has 6 nitrogen and oxygen atoms in total. The standard InChI is InChI=1S/C15H24N4O2/c1-3-13-10-12(11-14(16-2)17-13)15(21)19-6-4-18(5-7-19)8-9-20/h10-11,20H,3-9H2,1-2H3,(H,16,17). The highest BCUT2D eigenvalue weighted by atomic mass is 16.3. The molecule has 1 aromatic rings. The second kappa shape index (κ2) is 7.38. The lowest BCUT2D eigenvalue weighted by Gasteiger charge is -2.34. The summed E-state index contributed by atoms with van der Waals surface area (Å²) in [6.07, 6.45) is 0.806. The van der Waals surface area contributed by atoms with Crippen LogP contribution in [-0.2, 0) is 6.42 Å². The van der Waals surface area contributed by atoms with Crippen molar-refractivity contribution in [2.75, 3.05) is 51.7 Å². The number of aliphatic hydroxyl groups excluding tert-OH is 1. The number of pyridine rings is 1. The highest BCUT2D eigenvalue weighted by Gasteiger charge is 2.22. The Hall–Kier alpha value is -1.66. The topological polar surface area (TPSA) is 68.7 Å². The lowest BCUT2D eigenvalue weighted by atomic mass is 10.1. The number of aromatic nitrogens is 1. The summed E-state index contributed by atoms with van der Waals surface area (Å²) < 4.78 is 0. The van der Waals surface area contributed by atoms with Gasteiger partial charge in [0.05, 0.1) is 6.61 Å². The zero-order valence-corrected chi connectivity index (χ0v) is 12.8. The minimum Gasteiger partial charge on any atom is -0.395 e. The summed E-state index contributed by atoms with van der Waals surface area (Å²) in [6, 6.07) is 3.69. The molecule has 1 aromatic heterocycles. The summed E-state index contributed by atoms with van der Waals surface area (Å²) in [5, 5.41) is 12.0. The van der Waals surface area contributed by atoms with E-state index in [9.17, 15) is 4.79 Å². The van der Waals surface area contributed by atoms with Crippen molar-refractivity contribution < 1.29 is 9.90 Å². The van der Waals surface area contributed by atoms with E-state index >= 15 is 0 Å². The first-order valence-electron chi connectivity index (χ1n) is 7.49. The van der Waals surface area contributed by atoms with Crippen LogP contribution < -0.4 is 5.32 Å². The third-order valence-electron chi connectivity index (χ3n) is 3.82. The van der Waals surface area contributed by atoms with Gasteiger partial charge in [0.2, 0.25) is 0 Å². The van der Waals surface area contributed by atoms with Crippen molar-refractivity contribution in [3.05, 3.63) is 23.4 Å². The molecule has 0 aromatic carbocycles. The number of piperazine rings is 1. The summed E-state index contributed by atoms with van der Waals surface area (Å²) in [7, 11) is 1.81. The van der Waals surface area contributed by atoms with Gasteiger partial charge < -0.3 is 15.3 Å². The predicted molar refractivity (Wildman–Crippen MR) is 82.6 cm³/mol. The van der Waals surface area contributed by atoms with Crippen LogP contribution in [0, 0.1) is 0 Å². The van der Waals surface area contributed by atoms with Crippen molar-refractivity contribution in [1.29, 1.82) is 0 Å². The average Bonchev–Trinajstić information content (AvgIpc) is 2.54. The van der Waals surface area contributed by atoms with Gasteiger partial charge >= 0.3 is 0 Å². The van der Waals surface area contributed by atoms with E-state index in [1.54, 1.807) is 0 Å². The summed E-state index contributed by atoms with van der Waals surface area (Å²) in [5.41, 5.74) is 1.62. The maximum absolute atomic E-state index is 12.6. The maximum atomic E-state index is 12.6. The zero-order chi connectivity index (χ0) is 15.2. The normalized spacial score (nSPS) is 16.0. The number of rotatable bonds is 5. The predicted octanol–water partition coefficient (Wildman–Crippen LogP) is 0.436. The Morgan fingerprint density at radius 3 is 2.62 bits per heavy atom. The molecule has 1 fully saturated rings. The van der Waals surface area contributed by atoms with Crippen molar-refractivity contribution >= 4 is 11.7 Å². The molecule has 2 N–H and O–H groups in total. The molecular weight excluding hydrogens is 268 g/mol.